The van der Waals surface area contributed by atoms with Crippen LogP contribution in [-0.4, -0.2) is 23.5 Å². The Hall–Kier alpha value is -0.890. The maximum Gasteiger partial charge on any atom is 0.0464 e. The molecule has 18 heavy (non-hydrogen) atoms. The van der Waals surface area contributed by atoms with Crippen molar-refractivity contribution in [2.45, 2.75) is 60.4 Å². The van der Waals surface area contributed by atoms with Crippen LogP contribution in [0, 0.1) is 20.8 Å². The second-order valence-electron chi connectivity index (χ2n) is 5.70. The van der Waals surface area contributed by atoms with Crippen LogP contribution in [0.4, 0.5) is 0 Å². The van der Waals surface area contributed by atoms with Crippen molar-refractivity contribution in [1.29, 1.82) is 0 Å². The summed E-state index contributed by atoms with van der Waals surface area (Å²) in [4.78, 5) is 7.20. The van der Waals surface area contributed by atoms with Gasteiger partial charge < -0.3 is 4.90 Å². The van der Waals surface area contributed by atoms with E-state index in [1.807, 2.05) is 0 Å². The van der Waals surface area contributed by atoms with Crippen molar-refractivity contribution in [2.24, 2.45) is 0 Å². The fourth-order valence-corrected chi connectivity index (χ4v) is 2.55. The Morgan fingerprint density at radius 2 is 1.72 bits per heavy atom. The summed E-state index contributed by atoms with van der Waals surface area (Å²) in [6.07, 6.45) is 1.20. The zero-order chi connectivity index (χ0) is 13.9. The minimum Gasteiger partial charge on any atom is -0.302 e. The first-order chi connectivity index (χ1) is 8.38. The molecule has 1 rings (SSSR count). The minimum atomic E-state index is 0.504. The third-order valence-corrected chi connectivity index (χ3v) is 3.70. The lowest BCUT2D eigenvalue weighted by atomic mass is 9.95. The van der Waals surface area contributed by atoms with Crippen LogP contribution < -0.4 is 0 Å². The van der Waals surface area contributed by atoms with E-state index in [-0.39, 0.29) is 0 Å². The topological polar surface area (TPSA) is 16.1 Å². The molecule has 0 aliphatic heterocycles. The molecule has 102 valence electrons. The molecule has 0 saturated carbocycles. The molecule has 2 heteroatoms. The highest BCUT2D eigenvalue weighted by molar-refractivity contribution is 5.39. The van der Waals surface area contributed by atoms with Gasteiger partial charge in [-0.2, -0.15) is 0 Å². The van der Waals surface area contributed by atoms with Crippen LogP contribution in [-0.2, 0) is 6.54 Å². The Morgan fingerprint density at radius 1 is 1.11 bits per heavy atom. The molecule has 2 nitrogen and oxygen atoms in total. The molecule has 0 spiro atoms. The number of pyridine rings is 1. The molecule has 0 atom stereocenters. The SMILES string of the molecule is CCCN(C)Cc1c(C)nc(C(C)C)c(C)c1C. The molecule has 0 unspecified atom stereocenters. The molecular weight excluding hydrogens is 220 g/mol. The first kappa shape index (κ1) is 15.2. The summed E-state index contributed by atoms with van der Waals surface area (Å²) in [7, 11) is 2.19. The average molecular weight is 248 g/mol. The summed E-state index contributed by atoms with van der Waals surface area (Å²) >= 11 is 0. The van der Waals surface area contributed by atoms with E-state index in [2.05, 4.69) is 53.5 Å². The average Bonchev–Trinajstić information content (AvgIpc) is 2.29. The lowest BCUT2D eigenvalue weighted by molar-refractivity contribution is 0.325. The molecule has 1 aromatic heterocycles. The fourth-order valence-electron chi connectivity index (χ4n) is 2.55. The van der Waals surface area contributed by atoms with Crippen LogP contribution in [0.1, 0.15) is 61.2 Å². The molecule has 0 radical (unpaired) electrons. The highest BCUT2D eigenvalue weighted by atomic mass is 15.1. The van der Waals surface area contributed by atoms with Crippen LogP contribution in [0.2, 0.25) is 0 Å². The molecule has 0 fully saturated rings. The van der Waals surface area contributed by atoms with Crippen molar-refractivity contribution < 1.29 is 0 Å². The van der Waals surface area contributed by atoms with Gasteiger partial charge in [-0.05, 0) is 63.4 Å². The molecular formula is C16H28N2. The van der Waals surface area contributed by atoms with Crippen molar-refractivity contribution in [2.75, 3.05) is 13.6 Å². The van der Waals surface area contributed by atoms with Crippen LogP contribution in [0.25, 0.3) is 0 Å². The zero-order valence-corrected chi connectivity index (χ0v) is 13.1. The van der Waals surface area contributed by atoms with Gasteiger partial charge in [-0.25, -0.2) is 0 Å². The number of rotatable bonds is 5. The van der Waals surface area contributed by atoms with E-state index in [1.54, 1.807) is 0 Å². The number of nitrogens with zero attached hydrogens (tertiary/aromatic N) is 2. The second-order valence-corrected chi connectivity index (χ2v) is 5.70. The fraction of sp³-hybridized carbons (Fsp3) is 0.688. The Labute approximate surface area is 112 Å². The highest BCUT2D eigenvalue weighted by Crippen LogP contribution is 2.25. The first-order valence-corrected chi connectivity index (χ1v) is 7.03. The van der Waals surface area contributed by atoms with Crippen LogP contribution >= 0.6 is 0 Å². The number of aromatic nitrogens is 1. The van der Waals surface area contributed by atoms with Crippen molar-refractivity contribution in [1.82, 2.24) is 9.88 Å². The minimum absolute atomic E-state index is 0.504. The zero-order valence-electron chi connectivity index (χ0n) is 13.1. The predicted octanol–water partition coefficient (Wildman–Crippen LogP) is 3.97. The van der Waals surface area contributed by atoms with E-state index in [9.17, 15) is 0 Å². The summed E-state index contributed by atoms with van der Waals surface area (Å²) in [5.41, 5.74) is 6.66. The third-order valence-electron chi connectivity index (χ3n) is 3.70. The van der Waals surface area contributed by atoms with Crippen LogP contribution in [0.3, 0.4) is 0 Å². The molecule has 1 aromatic rings. The van der Waals surface area contributed by atoms with Gasteiger partial charge in [0.25, 0.3) is 0 Å². The van der Waals surface area contributed by atoms with E-state index >= 15 is 0 Å². The second kappa shape index (κ2) is 6.33. The molecule has 0 bridgehead atoms. The van der Waals surface area contributed by atoms with Gasteiger partial charge in [0.1, 0.15) is 0 Å². The van der Waals surface area contributed by atoms with Gasteiger partial charge in [-0.3, -0.25) is 4.98 Å². The van der Waals surface area contributed by atoms with E-state index in [0.29, 0.717) is 5.92 Å². The lowest BCUT2D eigenvalue weighted by Gasteiger charge is -2.22. The van der Waals surface area contributed by atoms with Crippen molar-refractivity contribution >= 4 is 0 Å². The number of aryl methyl sites for hydroxylation is 1. The summed E-state index contributed by atoms with van der Waals surface area (Å²) in [6, 6.07) is 0. The smallest absolute Gasteiger partial charge is 0.0464 e. The standard InChI is InChI=1S/C16H28N2/c1-8-9-18(7)10-15-12(4)13(5)16(11(2)3)17-14(15)6/h11H,8-10H2,1-7H3. The quantitative estimate of drug-likeness (QED) is 0.783. The predicted molar refractivity (Wildman–Crippen MR) is 79.2 cm³/mol. The molecule has 0 saturated heterocycles. The maximum atomic E-state index is 4.82. The molecule has 0 aromatic carbocycles. The van der Waals surface area contributed by atoms with E-state index in [1.165, 1.54) is 34.5 Å². The van der Waals surface area contributed by atoms with Gasteiger partial charge in [-0.15, -0.1) is 0 Å². The molecule has 0 aliphatic carbocycles. The number of hydrogen-bond donors (Lipinski definition) is 0. The van der Waals surface area contributed by atoms with Gasteiger partial charge in [0.15, 0.2) is 0 Å². The number of hydrogen-bond acceptors (Lipinski definition) is 2. The highest BCUT2D eigenvalue weighted by Gasteiger charge is 2.14. The summed E-state index contributed by atoms with van der Waals surface area (Å²) < 4.78 is 0. The normalized spacial score (nSPS) is 11.6. The van der Waals surface area contributed by atoms with Gasteiger partial charge in [0, 0.05) is 17.9 Å². The molecule has 0 aliphatic rings. The Bertz CT molecular complexity index is 408. The van der Waals surface area contributed by atoms with E-state index < -0.39 is 0 Å². The van der Waals surface area contributed by atoms with Gasteiger partial charge >= 0.3 is 0 Å². The van der Waals surface area contributed by atoms with Crippen molar-refractivity contribution in [3.05, 3.63) is 28.1 Å². The Kier molecular flexibility index (Phi) is 5.33. The molecule has 1 heterocycles. The Morgan fingerprint density at radius 3 is 2.22 bits per heavy atom. The van der Waals surface area contributed by atoms with Crippen LogP contribution in [0.5, 0.6) is 0 Å². The van der Waals surface area contributed by atoms with E-state index in [4.69, 9.17) is 4.98 Å². The molecule has 0 amide bonds. The van der Waals surface area contributed by atoms with E-state index in [0.717, 1.165) is 13.1 Å². The summed E-state index contributed by atoms with van der Waals surface area (Å²) in [5, 5.41) is 0. The molecule has 0 N–H and O–H groups in total. The summed E-state index contributed by atoms with van der Waals surface area (Å²) in [6.45, 7) is 15.4. The first-order valence-electron chi connectivity index (χ1n) is 7.03. The lowest BCUT2D eigenvalue weighted by Crippen LogP contribution is -2.21. The van der Waals surface area contributed by atoms with Crippen molar-refractivity contribution in [3.63, 3.8) is 0 Å². The third kappa shape index (κ3) is 3.32. The van der Waals surface area contributed by atoms with Crippen molar-refractivity contribution in [3.8, 4) is 0 Å². The maximum absolute atomic E-state index is 4.82. The van der Waals surface area contributed by atoms with Gasteiger partial charge in [0.2, 0.25) is 0 Å². The largest absolute Gasteiger partial charge is 0.302 e. The van der Waals surface area contributed by atoms with Gasteiger partial charge in [0.05, 0.1) is 0 Å². The summed E-state index contributed by atoms with van der Waals surface area (Å²) in [5.74, 6) is 0.504. The Balaban J connectivity index is 3.11. The van der Waals surface area contributed by atoms with Crippen LogP contribution in [0.15, 0.2) is 0 Å². The van der Waals surface area contributed by atoms with Gasteiger partial charge in [-0.1, -0.05) is 20.8 Å². The monoisotopic (exact) mass is 248 g/mol.